The Balaban J connectivity index is 2.55. The molecule has 2 heteroatoms. The van der Waals surface area contributed by atoms with Gasteiger partial charge in [0.2, 0.25) is 0 Å². The molecule has 76 valence electrons. The first-order valence-electron chi connectivity index (χ1n) is 5.20. The van der Waals surface area contributed by atoms with Crippen LogP contribution in [0.25, 0.3) is 0 Å². The van der Waals surface area contributed by atoms with E-state index in [-0.39, 0.29) is 24.0 Å². The molecule has 1 aliphatic heterocycles. The number of rotatable bonds is 2. The van der Waals surface area contributed by atoms with Crippen LogP contribution in [0.3, 0.4) is 0 Å². The normalized spacial score (nSPS) is 35.0. The van der Waals surface area contributed by atoms with Crippen LogP contribution in [0.2, 0.25) is 0 Å². The van der Waals surface area contributed by atoms with Crippen LogP contribution in [0, 0.1) is 11.8 Å². The molecular weight excluding hydrogens is 164 g/mol. The molecule has 0 spiro atoms. The SMILES string of the molecule is CC1CC(C(=O)C(C)C)CC(C)O1. The number of ketones is 1. The molecule has 1 saturated heterocycles. The summed E-state index contributed by atoms with van der Waals surface area (Å²) in [7, 11) is 0. The highest BCUT2D eigenvalue weighted by molar-refractivity contribution is 5.82. The van der Waals surface area contributed by atoms with E-state index in [0.29, 0.717) is 5.78 Å². The maximum absolute atomic E-state index is 11.7. The molecule has 0 aliphatic carbocycles. The summed E-state index contributed by atoms with van der Waals surface area (Å²) in [5.41, 5.74) is 0. The van der Waals surface area contributed by atoms with Gasteiger partial charge >= 0.3 is 0 Å². The van der Waals surface area contributed by atoms with E-state index in [9.17, 15) is 4.79 Å². The molecule has 0 aromatic rings. The minimum Gasteiger partial charge on any atom is -0.376 e. The van der Waals surface area contributed by atoms with Gasteiger partial charge in [0.25, 0.3) is 0 Å². The van der Waals surface area contributed by atoms with Crippen molar-refractivity contribution in [3.8, 4) is 0 Å². The van der Waals surface area contributed by atoms with Gasteiger partial charge in [-0.2, -0.15) is 0 Å². The van der Waals surface area contributed by atoms with Crippen molar-refractivity contribution in [3.63, 3.8) is 0 Å². The zero-order valence-electron chi connectivity index (χ0n) is 9.04. The van der Waals surface area contributed by atoms with E-state index in [1.807, 2.05) is 13.8 Å². The third-order valence-corrected chi connectivity index (χ3v) is 2.67. The lowest BCUT2D eigenvalue weighted by molar-refractivity contribution is -0.133. The number of Topliss-reactive ketones (excluding diaryl/α,β-unsaturated/α-hetero) is 1. The Hall–Kier alpha value is -0.370. The highest BCUT2D eigenvalue weighted by atomic mass is 16.5. The van der Waals surface area contributed by atoms with Crippen molar-refractivity contribution in [2.45, 2.75) is 52.7 Å². The molecule has 13 heavy (non-hydrogen) atoms. The Morgan fingerprint density at radius 2 is 1.69 bits per heavy atom. The molecule has 0 radical (unpaired) electrons. The Morgan fingerprint density at radius 1 is 1.23 bits per heavy atom. The summed E-state index contributed by atoms with van der Waals surface area (Å²) in [5.74, 6) is 0.809. The van der Waals surface area contributed by atoms with Gasteiger partial charge in [0.1, 0.15) is 5.78 Å². The lowest BCUT2D eigenvalue weighted by Gasteiger charge is -2.31. The molecule has 0 saturated carbocycles. The van der Waals surface area contributed by atoms with Crippen LogP contribution in [-0.4, -0.2) is 18.0 Å². The van der Waals surface area contributed by atoms with Crippen LogP contribution in [0.4, 0.5) is 0 Å². The van der Waals surface area contributed by atoms with Crippen LogP contribution >= 0.6 is 0 Å². The molecule has 1 heterocycles. The monoisotopic (exact) mass is 184 g/mol. The second-order valence-corrected chi connectivity index (χ2v) is 4.48. The van der Waals surface area contributed by atoms with Crippen molar-refractivity contribution in [3.05, 3.63) is 0 Å². The molecule has 2 nitrogen and oxygen atoms in total. The molecule has 2 unspecified atom stereocenters. The summed E-state index contributed by atoms with van der Waals surface area (Å²) in [5, 5.41) is 0. The van der Waals surface area contributed by atoms with Gasteiger partial charge < -0.3 is 4.74 Å². The molecule has 0 aromatic heterocycles. The number of hydrogen-bond donors (Lipinski definition) is 0. The van der Waals surface area contributed by atoms with E-state index >= 15 is 0 Å². The predicted molar refractivity (Wildman–Crippen MR) is 52.6 cm³/mol. The Bertz CT molecular complexity index is 177. The zero-order chi connectivity index (χ0) is 10.0. The molecule has 0 aromatic carbocycles. The summed E-state index contributed by atoms with van der Waals surface area (Å²) in [6.07, 6.45) is 2.30. The maximum atomic E-state index is 11.7. The molecule has 0 N–H and O–H groups in total. The minimum atomic E-state index is 0.169. The van der Waals surface area contributed by atoms with Crippen molar-refractivity contribution in [2.75, 3.05) is 0 Å². The summed E-state index contributed by atoms with van der Waals surface area (Å²) in [4.78, 5) is 11.7. The predicted octanol–water partition coefficient (Wildman–Crippen LogP) is 2.42. The maximum Gasteiger partial charge on any atom is 0.138 e. The fraction of sp³-hybridized carbons (Fsp3) is 0.909. The first-order chi connectivity index (χ1) is 6.00. The van der Waals surface area contributed by atoms with Gasteiger partial charge in [-0.15, -0.1) is 0 Å². The molecule has 2 atom stereocenters. The van der Waals surface area contributed by atoms with Crippen molar-refractivity contribution in [1.82, 2.24) is 0 Å². The van der Waals surface area contributed by atoms with Crippen molar-refractivity contribution in [2.24, 2.45) is 11.8 Å². The topological polar surface area (TPSA) is 26.3 Å². The first kappa shape index (κ1) is 10.7. The molecule has 1 fully saturated rings. The number of ether oxygens (including phenoxy) is 1. The summed E-state index contributed by atoms with van der Waals surface area (Å²) in [6.45, 7) is 8.06. The fourth-order valence-electron chi connectivity index (χ4n) is 2.11. The molecule has 1 rings (SSSR count). The highest BCUT2D eigenvalue weighted by Crippen LogP contribution is 2.27. The lowest BCUT2D eigenvalue weighted by atomic mass is 9.85. The Labute approximate surface area is 80.7 Å². The van der Waals surface area contributed by atoms with E-state index in [4.69, 9.17) is 4.74 Å². The molecule has 1 aliphatic rings. The quantitative estimate of drug-likeness (QED) is 0.658. The molecular formula is C11H20O2. The highest BCUT2D eigenvalue weighted by Gasteiger charge is 2.30. The van der Waals surface area contributed by atoms with Gasteiger partial charge in [-0.3, -0.25) is 4.79 Å². The Morgan fingerprint density at radius 3 is 2.08 bits per heavy atom. The third-order valence-electron chi connectivity index (χ3n) is 2.67. The fourth-order valence-corrected chi connectivity index (χ4v) is 2.11. The number of carbonyl (C=O) groups is 1. The lowest BCUT2D eigenvalue weighted by Crippen LogP contribution is -2.34. The number of carbonyl (C=O) groups excluding carboxylic acids is 1. The Kier molecular flexibility index (Phi) is 3.48. The first-order valence-corrected chi connectivity index (χ1v) is 5.20. The van der Waals surface area contributed by atoms with E-state index in [1.54, 1.807) is 0 Å². The van der Waals surface area contributed by atoms with Crippen molar-refractivity contribution >= 4 is 5.78 Å². The van der Waals surface area contributed by atoms with E-state index < -0.39 is 0 Å². The second-order valence-electron chi connectivity index (χ2n) is 4.48. The number of hydrogen-bond acceptors (Lipinski definition) is 2. The van der Waals surface area contributed by atoms with Crippen LogP contribution in [-0.2, 0) is 9.53 Å². The van der Waals surface area contributed by atoms with E-state index in [1.165, 1.54) is 0 Å². The van der Waals surface area contributed by atoms with Crippen molar-refractivity contribution < 1.29 is 9.53 Å². The van der Waals surface area contributed by atoms with Gasteiger partial charge in [0.15, 0.2) is 0 Å². The van der Waals surface area contributed by atoms with Gasteiger partial charge in [0, 0.05) is 11.8 Å². The van der Waals surface area contributed by atoms with Gasteiger partial charge in [-0.05, 0) is 26.7 Å². The minimum absolute atomic E-state index is 0.169. The van der Waals surface area contributed by atoms with Crippen LogP contribution in [0.5, 0.6) is 0 Å². The standard InChI is InChI=1S/C11H20O2/c1-7(2)11(12)10-5-8(3)13-9(4)6-10/h7-10H,5-6H2,1-4H3. The summed E-state index contributed by atoms with van der Waals surface area (Å²) in [6, 6.07) is 0. The summed E-state index contributed by atoms with van der Waals surface area (Å²) < 4.78 is 5.59. The van der Waals surface area contributed by atoms with E-state index in [2.05, 4.69) is 13.8 Å². The average Bonchev–Trinajstić information content (AvgIpc) is 2.01. The van der Waals surface area contributed by atoms with Gasteiger partial charge in [0.05, 0.1) is 12.2 Å². The second kappa shape index (κ2) is 4.23. The van der Waals surface area contributed by atoms with Crippen LogP contribution in [0.15, 0.2) is 0 Å². The summed E-state index contributed by atoms with van der Waals surface area (Å²) >= 11 is 0. The molecule has 0 bridgehead atoms. The zero-order valence-corrected chi connectivity index (χ0v) is 9.04. The largest absolute Gasteiger partial charge is 0.376 e. The van der Waals surface area contributed by atoms with E-state index in [0.717, 1.165) is 12.8 Å². The molecule has 0 amide bonds. The van der Waals surface area contributed by atoms with Crippen LogP contribution < -0.4 is 0 Å². The van der Waals surface area contributed by atoms with Gasteiger partial charge in [-0.1, -0.05) is 13.8 Å². The van der Waals surface area contributed by atoms with Gasteiger partial charge in [-0.25, -0.2) is 0 Å². The average molecular weight is 184 g/mol. The third kappa shape index (κ3) is 2.80. The van der Waals surface area contributed by atoms with Crippen LogP contribution in [0.1, 0.15) is 40.5 Å². The smallest absolute Gasteiger partial charge is 0.138 e. The van der Waals surface area contributed by atoms with Crippen molar-refractivity contribution in [1.29, 1.82) is 0 Å².